The molecule has 0 unspecified atom stereocenters. The Hall–Kier alpha value is -3.36. The summed E-state index contributed by atoms with van der Waals surface area (Å²) >= 11 is 27.2. The summed E-state index contributed by atoms with van der Waals surface area (Å²) in [6.07, 6.45) is -0.845. The van der Waals surface area contributed by atoms with Crippen molar-refractivity contribution >= 4 is 74.5 Å². The van der Waals surface area contributed by atoms with Crippen LogP contribution >= 0.6 is 62.3 Å². The molecule has 2 aromatic carbocycles. The molecule has 0 spiro atoms. The maximum absolute atomic E-state index is 11.5. The summed E-state index contributed by atoms with van der Waals surface area (Å²) in [6, 6.07) is 13.7. The van der Waals surface area contributed by atoms with Gasteiger partial charge in [-0.3, -0.25) is 19.3 Å². The number of H-pyrrole nitrogens is 1. The molecule has 0 aliphatic heterocycles. The Morgan fingerprint density at radius 2 is 1.27 bits per heavy atom. The van der Waals surface area contributed by atoms with Crippen LogP contribution in [0.4, 0.5) is 9.59 Å². The molecule has 0 aliphatic carbocycles. The number of benzene rings is 2. The number of ether oxygens (including phenoxy) is 3. The molecule has 0 aliphatic rings. The third-order valence-corrected chi connectivity index (χ3v) is 7.45. The minimum atomic E-state index is -0.529. The molecule has 0 fully saturated rings. The summed E-state index contributed by atoms with van der Waals surface area (Å²) in [5.74, 6) is 0.439. The molecule has 0 saturated heterocycles. The highest BCUT2D eigenvalue weighted by atomic mass is 79.9. The van der Waals surface area contributed by atoms with E-state index in [4.69, 9.17) is 60.6 Å². The lowest BCUT2D eigenvalue weighted by Gasteiger charge is -2.19. The predicted octanol–water partition coefficient (Wildman–Crippen LogP) is 8.89. The van der Waals surface area contributed by atoms with E-state index in [2.05, 4.69) is 36.8 Å². The second kappa shape index (κ2) is 20.0. The van der Waals surface area contributed by atoms with Crippen molar-refractivity contribution in [2.75, 3.05) is 25.0 Å². The number of aryl methyl sites for hydroxylation is 2. The lowest BCUT2D eigenvalue weighted by Crippen LogP contribution is -2.34. The SMILES string of the molecule is CC(C)(C)OC(=O)NCCBr.Cn1[nH]c(=O)cc1-c1ccc(Cl)cc1Cl.Cn1nc(OCCNC(=O)OC(C)(C)C)cc1-c1ccc(Cl)cc1Cl. The monoisotopic (exact) mass is 850 g/mol. The number of aromatic amines is 1. The average molecular weight is 853 g/mol. The molecule has 17 heteroatoms. The summed E-state index contributed by atoms with van der Waals surface area (Å²) in [7, 11) is 3.55. The Morgan fingerprint density at radius 3 is 1.71 bits per heavy atom. The molecule has 51 heavy (non-hydrogen) atoms. The van der Waals surface area contributed by atoms with E-state index in [1.807, 2.05) is 26.8 Å². The molecule has 2 amide bonds. The molecule has 0 bridgehead atoms. The van der Waals surface area contributed by atoms with Crippen molar-refractivity contribution in [2.45, 2.75) is 52.7 Å². The van der Waals surface area contributed by atoms with Crippen LogP contribution in [0.1, 0.15) is 41.5 Å². The van der Waals surface area contributed by atoms with Crippen molar-refractivity contribution in [2.24, 2.45) is 14.1 Å². The molecule has 2 heterocycles. The number of nitrogens with zero attached hydrogens (tertiary/aromatic N) is 3. The predicted molar refractivity (Wildman–Crippen MR) is 208 cm³/mol. The largest absolute Gasteiger partial charge is 0.475 e. The van der Waals surface area contributed by atoms with E-state index < -0.39 is 17.3 Å². The van der Waals surface area contributed by atoms with Crippen LogP contribution in [0.15, 0.2) is 53.3 Å². The second-order valence-corrected chi connectivity index (χ2v) is 15.2. The smallest absolute Gasteiger partial charge is 0.407 e. The van der Waals surface area contributed by atoms with E-state index in [1.165, 1.54) is 6.07 Å². The molecule has 280 valence electrons. The van der Waals surface area contributed by atoms with Gasteiger partial charge in [0.2, 0.25) is 5.88 Å². The molecule has 4 aromatic rings. The van der Waals surface area contributed by atoms with E-state index >= 15 is 0 Å². The summed E-state index contributed by atoms with van der Waals surface area (Å²) < 4.78 is 19.0. The van der Waals surface area contributed by atoms with Gasteiger partial charge in [-0.25, -0.2) is 9.59 Å². The fourth-order valence-electron chi connectivity index (χ4n) is 3.98. The quantitative estimate of drug-likeness (QED) is 0.119. The Balaban J connectivity index is 0.000000294. The summed E-state index contributed by atoms with van der Waals surface area (Å²) in [5.41, 5.74) is 2.04. The standard InChI is InChI=1S/C17H21Cl2N3O3.C10H8Cl2N2O.C7H14BrNO2/c1-17(2,3)25-16(23)20-7-8-24-15-10-14(22(4)21-15)12-6-5-11(18)9-13(12)19;1-14-9(5-10(15)13-14)7-3-2-6(11)4-8(7)12;1-7(2,3)11-6(10)9-5-4-8/h5-6,9-10H,7-8H2,1-4H3,(H,20,23);2-5H,1H3,(H,13,15);4-5H2,1-3H3,(H,9,10). The van der Waals surface area contributed by atoms with Crippen LogP contribution in [0.3, 0.4) is 0 Å². The van der Waals surface area contributed by atoms with Gasteiger partial charge in [-0.2, -0.15) is 0 Å². The van der Waals surface area contributed by atoms with E-state index in [0.29, 0.717) is 39.1 Å². The van der Waals surface area contributed by atoms with Crippen molar-refractivity contribution in [1.82, 2.24) is 30.2 Å². The summed E-state index contributed by atoms with van der Waals surface area (Å²) in [4.78, 5) is 33.5. The third-order valence-electron chi connectivity index (χ3n) is 5.96. The maximum Gasteiger partial charge on any atom is 0.407 e. The molecular formula is C34H43BrCl4N6O6. The third kappa shape index (κ3) is 16.2. The van der Waals surface area contributed by atoms with Gasteiger partial charge in [0.25, 0.3) is 5.56 Å². The highest BCUT2D eigenvalue weighted by Crippen LogP contribution is 2.32. The van der Waals surface area contributed by atoms with Crippen LogP contribution in [0.5, 0.6) is 5.88 Å². The molecule has 2 aromatic heterocycles. The Bertz CT molecular complexity index is 1810. The number of rotatable bonds is 8. The zero-order valence-corrected chi connectivity index (χ0v) is 34.2. The number of alkyl carbamates (subject to hydrolysis) is 2. The zero-order chi connectivity index (χ0) is 38.5. The van der Waals surface area contributed by atoms with Crippen LogP contribution in [-0.4, -0.2) is 68.0 Å². The van der Waals surface area contributed by atoms with Gasteiger partial charge in [0, 0.05) is 59.3 Å². The number of amides is 2. The normalized spacial score (nSPS) is 11.0. The highest BCUT2D eigenvalue weighted by Gasteiger charge is 2.17. The number of aromatic nitrogens is 4. The van der Waals surface area contributed by atoms with Crippen LogP contribution in [0, 0.1) is 0 Å². The topological polar surface area (TPSA) is 142 Å². The van der Waals surface area contributed by atoms with Gasteiger partial charge in [0.1, 0.15) is 17.8 Å². The number of carbonyl (C=O) groups is 2. The Kier molecular flexibility index (Phi) is 17.2. The number of nitrogens with one attached hydrogen (secondary N) is 3. The minimum absolute atomic E-state index is 0.154. The lowest BCUT2D eigenvalue weighted by atomic mass is 10.1. The van der Waals surface area contributed by atoms with Crippen molar-refractivity contribution in [3.8, 4) is 28.4 Å². The Labute approximate surface area is 326 Å². The number of hydrogen-bond donors (Lipinski definition) is 3. The number of halogens is 5. The maximum atomic E-state index is 11.5. The first kappa shape index (κ1) is 43.8. The summed E-state index contributed by atoms with van der Waals surface area (Å²) in [6.45, 7) is 12.1. The van der Waals surface area contributed by atoms with E-state index in [-0.39, 0.29) is 18.3 Å². The fraction of sp³-hybridized carbons (Fsp3) is 0.412. The minimum Gasteiger partial charge on any atom is -0.475 e. The van der Waals surface area contributed by atoms with E-state index in [1.54, 1.807) is 80.6 Å². The molecule has 3 N–H and O–H groups in total. The Morgan fingerprint density at radius 1 is 0.784 bits per heavy atom. The van der Waals surface area contributed by atoms with Crippen molar-refractivity contribution in [3.63, 3.8) is 0 Å². The molecule has 12 nitrogen and oxygen atoms in total. The first-order valence-corrected chi connectivity index (χ1v) is 18.2. The van der Waals surface area contributed by atoms with E-state index in [9.17, 15) is 14.4 Å². The van der Waals surface area contributed by atoms with Gasteiger partial charge in [0.05, 0.1) is 28.0 Å². The number of carbonyl (C=O) groups excluding carboxylic acids is 2. The van der Waals surface area contributed by atoms with Crippen LogP contribution < -0.4 is 20.9 Å². The van der Waals surface area contributed by atoms with Crippen molar-refractivity contribution in [1.29, 1.82) is 0 Å². The number of hydrogen-bond acceptors (Lipinski definition) is 7. The van der Waals surface area contributed by atoms with Crippen LogP contribution in [0.2, 0.25) is 20.1 Å². The molecule has 0 atom stereocenters. The summed E-state index contributed by atoms with van der Waals surface area (Å²) in [5, 5.41) is 15.1. The zero-order valence-electron chi connectivity index (χ0n) is 29.6. The van der Waals surface area contributed by atoms with Crippen molar-refractivity contribution < 1.29 is 23.8 Å². The van der Waals surface area contributed by atoms with Crippen molar-refractivity contribution in [3.05, 3.63) is 79.0 Å². The van der Waals surface area contributed by atoms with E-state index in [0.717, 1.165) is 27.8 Å². The molecule has 4 rings (SSSR count). The van der Waals surface area contributed by atoms with Gasteiger partial charge in [-0.1, -0.05) is 62.3 Å². The van der Waals surface area contributed by atoms with Gasteiger partial charge >= 0.3 is 12.2 Å². The van der Waals surface area contributed by atoms with Crippen LogP contribution in [0.25, 0.3) is 22.5 Å². The van der Waals surface area contributed by atoms with Gasteiger partial charge in [0.15, 0.2) is 0 Å². The number of alkyl halides is 1. The first-order chi connectivity index (χ1) is 23.7. The molecular weight excluding hydrogens is 810 g/mol. The highest BCUT2D eigenvalue weighted by molar-refractivity contribution is 9.09. The first-order valence-electron chi connectivity index (χ1n) is 15.5. The van der Waals surface area contributed by atoms with Gasteiger partial charge < -0.3 is 24.8 Å². The average Bonchev–Trinajstić information content (AvgIpc) is 3.53. The second-order valence-electron chi connectivity index (χ2n) is 12.7. The fourth-order valence-corrected chi connectivity index (χ4v) is 5.19. The molecule has 0 saturated carbocycles. The van der Waals surface area contributed by atoms with Gasteiger partial charge in [-0.05, 0) is 77.9 Å². The molecule has 0 radical (unpaired) electrons. The lowest BCUT2D eigenvalue weighted by molar-refractivity contribution is 0.0513. The van der Waals surface area contributed by atoms with Gasteiger partial charge in [-0.15, -0.1) is 5.10 Å². The van der Waals surface area contributed by atoms with Crippen LogP contribution in [-0.2, 0) is 23.6 Å².